The third-order valence-corrected chi connectivity index (χ3v) is 3.64. The van der Waals surface area contributed by atoms with Crippen LogP contribution in [-0.2, 0) is 9.57 Å². The number of hydrogen-bond acceptors (Lipinski definition) is 3. The third-order valence-electron chi connectivity index (χ3n) is 3.64. The number of methoxy groups -OCH3 is 1. The molecule has 2 amide bonds. The molecule has 19 heavy (non-hydrogen) atoms. The average molecular weight is 262 g/mol. The molecule has 5 nitrogen and oxygen atoms in total. The standard InChI is InChI=1S/C14H18N2O3/c1-18-10-12-8-5-9-15(12)14(17)16-13(19-16)11-6-3-2-4-7-11/h2-4,6-7,12-13H,5,8-10H2,1H3. The SMILES string of the molecule is COCC1CCCN1C(=O)N1OC1c1ccccc1. The quantitative estimate of drug-likeness (QED) is 0.784. The number of ether oxygens (including phenoxy) is 1. The van der Waals surface area contributed by atoms with E-state index in [9.17, 15) is 4.79 Å². The number of benzene rings is 1. The molecule has 0 spiro atoms. The molecule has 2 saturated heterocycles. The molecule has 0 aromatic heterocycles. The van der Waals surface area contributed by atoms with E-state index in [-0.39, 0.29) is 18.3 Å². The van der Waals surface area contributed by atoms with Gasteiger partial charge < -0.3 is 9.64 Å². The number of amides is 2. The second kappa shape index (κ2) is 5.19. The molecule has 1 aromatic carbocycles. The van der Waals surface area contributed by atoms with Crippen molar-refractivity contribution in [2.24, 2.45) is 0 Å². The van der Waals surface area contributed by atoms with Crippen molar-refractivity contribution < 1.29 is 14.4 Å². The first-order chi connectivity index (χ1) is 9.31. The number of nitrogens with zero attached hydrogens (tertiary/aromatic N) is 2. The molecular weight excluding hydrogens is 244 g/mol. The summed E-state index contributed by atoms with van der Waals surface area (Å²) in [5, 5.41) is 1.45. The van der Waals surface area contributed by atoms with Crippen molar-refractivity contribution in [3.8, 4) is 0 Å². The molecular formula is C14H18N2O3. The molecule has 2 aliphatic heterocycles. The summed E-state index contributed by atoms with van der Waals surface area (Å²) < 4.78 is 5.16. The normalized spacial score (nSPS) is 25.7. The fourth-order valence-electron chi connectivity index (χ4n) is 2.62. The van der Waals surface area contributed by atoms with E-state index in [1.165, 1.54) is 5.06 Å². The van der Waals surface area contributed by atoms with E-state index in [4.69, 9.17) is 9.57 Å². The van der Waals surface area contributed by atoms with E-state index < -0.39 is 0 Å². The van der Waals surface area contributed by atoms with E-state index in [2.05, 4.69) is 0 Å². The molecule has 0 saturated carbocycles. The van der Waals surface area contributed by atoms with Crippen LogP contribution in [0.3, 0.4) is 0 Å². The van der Waals surface area contributed by atoms with Crippen molar-refractivity contribution in [2.75, 3.05) is 20.3 Å². The Labute approximate surface area is 112 Å². The van der Waals surface area contributed by atoms with Gasteiger partial charge in [-0.15, -0.1) is 0 Å². The highest BCUT2D eigenvalue weighted by Crippen LogP contribution is 2.38. The molecule has 0 aliphatic carbocycles. The predicted molar refractivity (Wildman–Crippen MR) is 69.1 cm³/mol. The molecule has 2 aliphatic rings. The lowest BCUT2D eigenvalue weighted by Crippen LogP contribution is -2.40. The molecule has 2 unspecified atom stereocenters. The number of carbonyl (C=O) groups is 1. The molecule has 3 rings (SSSR count). The summed E-state index contributed by atoms with van der Waals surface area (Å²) in [6.45, 7) is 1.38. The van der Waals surface area contributed by atoms with Gasteiger partial charge in [-0.1, -0.05) is 30.3 Å². The van der Waals surface area contributed by atoms with E-state index in [0.29, 0.717) is 6.61 Å². The summed E-state index contributed by atoms with van der Waals surface area (Å²) in [4.78, 5) is 19.6. The van der Waals surface area contributed by atoms with Gasteiger partial charge >= 0.3 is 6.03 Å². The Morgan fingerprint density at radius 3 is 2.95 bits per heavy atom. The minimum atomic E-state index is -0.225. The predicted octanol–water partition coefficient (Wildman–Crippen LogP) is 2.16. The van der Waals surface area contributed by atoms with Gasteiger partial charge in [0.1, 0.15) is 0 Å². The maximum atomic E-state index is 12.3. The maximum absolute atomic E-state index is 12.3. The minimum absolute atomic E-state index is 0.0478. The summed E-state index contributed by atoms with van der Waals surface area (Å²) in [6.07, 6.45) is 1.81. The zero-order valence-corrected chi connectivity index (χ0v) is 11.0. The monoisotopic (exact) mass is 262 g/mol. The molecule has 2 heterocycles. The lowest BCUT2D eigenvalue weighted by molar-refractivity contribution is 0.0989. The summed E-state index contributed by atoms with van der Waals surface area (Å²) in [5.74, 6) is 0. The Morgan fingerprint density at radius 2 is 2.21 bits per heavy atom. The van der Waals surface area contributed by atoms with Crippen LogP contribution < -0.4 is 0 Å². The fraction of sp³-hybridized carbons (Fsp3) is 0.500. The van der Waals surface area contributed by atoms with Crippen LogP contribution in [0.4, 0.5) is 4.79 Å². The Bertz CT molecular complexity index is 451. The maximum Gasteiger partial charge on any atom is 0.347 e. The second-order valence-electron chi connectivity index (χ2n) is 4.92. The average Bonchev–Trinajstić information content (AvgIpc) is 3.12. The van der Waals surface area contributed by atoms with Gasteiger partial charge in [0.25, 0.3) is 0 Å². The van der Waals surface area contributed by atoms with Gasteiger partial charge in [0.15, 0.2) is 0 Å². The Morgan fingerprint density at radius 1 is 1.42 bits per heavy atom. The van der Waals surface area contributed by atoms with Crippen LogP contribution in [0, 0.1) is 0 Å². The van der Waals surface area contributed by atoms with Gasteiger partial charge in [0.05, 0.1) is 12.6 Å². The molecule has 2 fully saturated rings. The first-order valence-corrected chi connectivity index (χ1v) is 6.62. The Balaban J connectivity index is 1.63. The van der Waals surface area contributed by atoms with E-state index in [0.717, 1.165) is 24.9 Å². The summed E-state index contributed by atoms with van der Waals surface area (Å²) in [5.41, 5.74) is 1.01. The number of carbonyl (C=O) groups excluding carboxylic acids is 1. The van der Waals surface area contributed by atoms with Crippen LogP contribution >= 0.6 is 0 Å². The lowest BCUT2D eigenvalue weighted by atomic mass is 10.2. The van der Waals surface area contributed by atoms with Gasteiger partial charge in [0, 0.05) is 19.2 Å². The number of urea groups is 1. The molecule has 102 valence electrons. The molecule has 5 heteroatoms. The first-order valence-electron chi connectivity index (χ1n) is 6.62. The summed E-state index contributed by atoms with van der Waals surface area (Å²) >= 11 is 0. The van der Waals surface area contributed by atoms with Gasteiger partial charge in [-0.2, -0.15) is 5.06 Å². The molecule has 0 N–H and O–H groups in total. The van der Waals surface area contributed by atoms with E-state index in [1.807, 2.05) is 35.2 Å². The highest BCUT2D eigenvalue weighted by atomic mass is 16.8. The van der Waals surface area contributed by atoms with Crippen LogP contribution in [0.2, 0.25) is 0 Å². The summed E-state index contributed by atoms with van der Waals surface area (Å²) in [7, 11) is 1.67. The third kappa shape index (κ3) is 2.43. The van der Waals surface area contributed by atoms with Crippen molar-refractivity contribution in [1.82, 2.24) is 9.96 Å². The van der Waals surface area contributed by atoms with Crippen LogP contribution in [0.15, 0.2) is 30.3 Å². The van der Waals surface area contributed by atoms with E-state index >= 15 is 0 Å². The highest BCUT2D eigenvalue weighted by Gasteiger charge is 2.46. The molecule has 2 atom stereocenters. The van der Waals surface area contributed by atoms with Crippen LogP contribution in [0.5, 0.6) is 0 Å². The molecule has 0 bridgehead atoms. The molecule has 1 aromatic rings. The lowest BCUT2D eigenvalue weighted by Gasteiger charge is -2.23. The highest BCUT2D eigenvalue weighted by molar-refractivity contribution is 5.76. The van der Waals surface area contributed by atoms with Crippen molar-refractivity contribution in [2.45, 2.75) is 25.1 Å². The largest absolute Gasteiger partial charge is 0.383 e. The topological polar surface area (TPSA) is 45.1 Å². The van der Waals surface area contributed by atoms with Crippen LogP contribution in [0.1, 0.15) is 24.6 Å². The zero-order chi connectivity index (χ0) is 13.2. The van der Waals surface area contributed by atoms with Crippen molar-refractivity contribution in [3.63, 3.8) is 0 Å². The zero-order valence-electron chi connectivity index (χ0n) is 11.0. The fourth-order valence-corrected chi connectivity index (χ4v) is 2.62. The van der Waals surface area contributed by atoms with Gasteiger partial charge in [0.2, 0.25) is 6.23 Å². The van der Waals surface area contributed by atoms with Crippen molar-refractivity contribution in [1.29, 1.82) is 0 Å². The smallest absolute Gasteiger partial charge is 0.347 e. The first kappa shape index (κ1) is 12.4. The number of likely N-dealkylation sites (tertiary alicyclic amines) is 1. The van der Waals surface area contributed by atoms with Crippen LogP contribution in [-0.4, -0.2) is 42.3 Å². The van der Waals surface area contributed by atoms with Crippen molar-refractivity contribution in [3.05, 3.63) is 35.9 Å². The Kier molecular flexibility index (Phi) is 3.40. The van der Waals surface area contributed by atoms with Gasteiger partial charge in [-0.3, -0.25) is 0 Å². The number of hydrogen-bond donors (Lipinski definition) is 0. The summed E-state index contributed by atoms with van der Waals surface area (Å²) in [6, 6.07) is 9.91. The van der Waals surface area contributed by atoms with Gasteiger partial charge in [-0.25, -0.2) is 9.63 Å². The van der Waals surface area contributed by atoms with Crippen molar-refractivity contribution >= 4 is 6.03 Å². The minimum Gasteiger partial charge on any atom is -0.383 e. The second-order valence-corrected chi connectivity index (χ2v) is 4.92. The number of hydroxylamine groups is 2. The number of rotatable bonds is 3. The van der Waals surface area contributed by atoms with E-state index in [1.54, 1.807) is 7.11 Å². The van der Waals surface area contributed by atoms with Crippen LogP contribution in [0.25, 0.3) is 0 Å². The van der Waals surface area contributed by atoms with Gasteiger partial charge in [-0.05, 0) is 12.8 Å². The molecule has 0 radical (unpaired) electrons. The Hall–Kier alpha value is -1.59.